The molecule has 1 aromatic heterocycles. The van der Waals surface area contributed by atoms with Crippen LogP contribution in [0.15, 0.2) is 59.3 Å². The van der Waals surface area contributed by atoms with Crippen molar-refractivity contribution < 1.29 is 28.8 Å². The third kappa shape index (κ3) is 5.66. The zero-order valence-corrected chi connectivity index (χ0v) is 16.2. The van der Waals surface area contributed by atoms with Gasteiger partial charge in [0.15, 0.2) is 0 Å². The van der Waals surface area contributed by atoms with E-state index in [0.717, 1.165) is 5.56 Å². The summed E-state index contributed by atoms with van der Waals surface area (Å²) in [5.74, 6) is -2.31. The number of carbonyl (C=O) groups excluding carboxylic acids is 2. The van der Waals surface area contributed by atoms with Gasteiger partial charge in [-0.25, -0.2) is 4.79 Å². The topological polar surface area (TPSA) is 131 Å². The van der Waals surface area contributed by atoms with E-state index in [-0.39, 0.29) is 22.9 Å². The summed E-state index contributed by atoms with van der Waals surface area (Å²) in [5.41, 5.74) is 1.84. The van der Waals surface area contributed by atoms with Crippen molar-refractivity contribution in [3.8, 4) is 11.3 Å². The molecular formula is C20H16ClN3O6. The molecule has 2 amide bonds. The lowest BCUT2D eigenvalue weighted by molar-refractivity contribution is -0.125. The quantitative estimate of drug-likeness (QED) is 0.500. The summed E-state index contributed by atoms with van der Waals surface area (Å²) in [6.07, 6.45) is 1.45. The number of ether oxygens (including phenoxy) is 1. The fourth-order valence-corrected chi connectivity index (χ4v) is 2.71. The first kappa shape index (κ1) is 21.0. The number of halogens is 1. The van der Waals surface area contributed by atoms with Crippen LogP contribution in [0.1, 0.15) is 10.4 Å². The van der Waals surface area contributed by atoms with Gasteiger partial charge in [0.1, 0.15) is 25.2 Å². The molecule has 0 spiro atoms. The monoisotopic (exact) mass is 429 g/mol. The third-order valence-corrected chi connectivity index (χ3v) is 4.07. The van der Waals surface area contributed by atoms with Crippen LogP contribution in [0, 0.1) is 0 Å². The van der Waals surface area contributed by atoms with Gasteiger partial charge >= 0.3 is 5.97 Å². The predicted molar refractivity (Wildman–Crippen MR) is 108 cm³/mol. The first-order valence-electron chi connectivity index (χ1n) is 8.63. The highest BCUT2D eigenvalue weighted by Crippen LogP contribution is 2.21. The summed E-state index contributed by atoms with van der Waals surface area (Å²) in [6.45, 7) is -0.803. The summed E-state index contributed by atoms with van der Waals surface area (Å²) in [5, 5.41) is 18.3. The first-order chi connectivity index (χ1) is 14.4. The Bertz CT molecular complexity index is 1070. The molecule has 0 fully saturated rings. The highest BCUT2D eigenvalue weighted by atomic mass is 35.5. The minimum Gasteiger partial charge on any atom is -0.478 e. The summed E-state index contributed by atoms with van der Waals surface area (Å²) < 4.78 is 9.90. The van der Waals surface area contributed by atoms with Gasteiger partial charge in [0.2, 0.25) is 11.8 Å². The van der Waals surface area contributed by atoms with Crippen molar-refractivity contribution in [2.45, 2.75) is 0 Å². The largest absolute Gasteiger partial charge is 0.478 e. The lowest BCUT2D eigenvalue weighted by atomic mass is 10.1. The van der Waals surface area contributed by atoms with E-state index in [2.05, 4.69) is 15.8 Å². The Hall–Kier alpha value is -3.69. The van der Waals surface area contributed by atoms with Crippen LogP contribution >= 0.6 is 11.6 Å². The maximum Gasteiger partial charge on any atom is 0.337 e. The van der Waals surface area contributed by atoms with E-state index in [0.29, 0.717) is 11.4 Å². The standard InChI is InChI=1S/C20H16ClN3O6/c21-13-4-5-17(15(9-13)20(27)28)23-19(26)11-29-10-18(25)22-14-3-1-2-12(8-14)16-6-7-30-24-16/h1-9H,10-11H2,(H,22,25)(H,23,26)(H,27,28). The van der Waals surface area contributed by atoms with Crippen LogP contribution in [-0.4, -0.2) is 41.3 Å². The number of nitrogens with one attached hydrogen (secondary N) is 2. The van der Waals surface area contributed by atoms with Crippen molar-refractivity contribution in [1.29, 1.82) is 0 Å². The zero-order chi connectivity index (χ0) is 21.5. The highest BCUT2D eigenvalue weighted by molar-refractivity contribution is 6.31. The van der Waals surface area contributed by atoms with Crippen molar-refractivity contribution in [1.82, 2.24) is 5.16 Å². The van der Waals surface area contributed by atoms with Gasteiger partial charge in [-0.05, 0) is 30.3 Å². The molecule has 9 nitrogen and oxygen atoms in total. The number of carboxylic acids is 1. The number of rotatable bonds is 8. The average Bonchev–Trinajstić information content (AvgIpc) is 3.24. The minimum absolute atomic E-state index is 0.0784. The molecule has 10 heteroatoms. The summed E-state index contributed by atoms with van der Waals surface area (Å²) in [4.78, 5) is 35.2. The summed E-state index contributed by atoms with van der Waals surface area (Å²) in [6, 6.07) is 12.7. The fourth-order valence-electron chi connectivity index (χ4n) is 2.54. The second-order valence-corrected chi connectivity index (χ2v) is 6.49. The molecule has 154 valence electrons. The van der Waals surface area contributed by atoms with E-state index in [1.165, 1.54) is 24.5 Å². The van der Waals surface area contributed by atoms with Gasteiger partial charge in [0.25, 0.3) is 0 Å². The zero-order valence-electron chi connectivity index (χ0n) is 15.4. The number of carbonyl (C=O) groups is 3. The Labute approximate surface area is 175 Å². The number of amides is 2. The van der Waals surface area contributed by atoms with Gasteiger partial charge in [-0.2, -0.15) is 0 Å². The number of aromatic carboxylic acids is 1. The molecular weight excluding hydrogens is 414 g/mol. The van der Waals surface area contributed by atoms with E-state index in [1.54, 1.807) is 24.3 Å². The van der Waals surface area contributed by atoms with Crippen molar-refractivity contribution in [2.24, 2.45) is 0 Å². The Morgan fingerprint density at radius 3 is 2.50 bits per heavy atom. The van der Waals surface area contributed by atoms with Gasteiger partial charge in [-0.15, -0.1) is 0 Å². The van der Waals surface area contributed by atoms with Crippen LogP contribution in [0.2, 0.25) is 5.02 Å². The predicted octanol–water partition coefficient (Wildman–Crippen LogP) is 3.29. The molecule has 0 bridgehead atoms. The van der Waals surface area contributed by atoms with Crippen molar-refractivity contribution in [3.05, 3.63) is 65.4 Å². The lowest BCUT2D eigenvalue weighted by Gasteiger charge is -2.10. The number of hydrogen-bond acceptors (Lipinski definition) is 6. The smallest absolute Gasteiger partial charge is 0.337 e. The number of carboxylic acid groups (broad SMARTS) is 1. The van der Waals surface area contributed by atoms with E-state index >= 15 is 0 Å². The van der Waals surface area contributed by atoms with Crippen molar-refractivity contribution in [2.75, 3.05) is 23.8 Å². The number of benzene rings is 2. The molecule has 0 aliphatic heterocycles. The van der Waals surface area contributed by atoms with Gasteiger partial charge < -0.3 is 25.0 Å². The van der Waals surface area contributed by atoms with Crippen LogP contribution in [0.5, 0.6) is 0 Å². The van der Waals surface area contributed by atoms with Crippen molar-refractivity contribution >= 4 is 40.8 Å². The number of hydrogen-bond donors (Lipinski definition) is 3. The number of aromatic nitrogens is 1. The Morgan fingerprint density at radius 2 is 1.80 bits per heavy atom. The summed E-state index contributed by atoms with van der Waals surface area (Å²) in [7, 11) is 0. The van der Waals surface area contributed by atoms with E-state index in [4.69, 9.17) is 26.0 Å². The molecule has 0 aliphatic rings. The Kier molecular flexibility index (Phi) is 6.79. The van der Waals surface area contributed by atoms with Crippen LogP contribution in [-0.2, 0) is 14.3 Å². The molecule has 0 saturated heterocycles. The molecule has 30 heavy (non-hydrogen) atoms. The second-order valence-electron chi connectivity index (χ2n) is 6.05. The van der Waals surface area contributed by atoms with Gasteiger partial charge in [0.05, 0.1) is 11.3 Å². The molecule has 0 aliphatic carbocycles. The Morgan fingerprint density at radius 1 is 1.03 bits per heavy atom. The molecule has 2 aromatic carbocycles. The first-order valence-corrected chi connectivity index (χ1v) is 9.01. The Balaban J connectivity index is 1.49. The lowest BCUT2D eigenvalue weighted by Crippen LogP contribution is -2.24. The second kappa shape index (κ2) is 9.68. The van der Waals surface area contributed by atoms with Gasteiger partial charge in [-0.1, -0.05) is 28.9 Å². The van der Waals surface area contributed by atoms with Crippen LogP contribution in [0.25, 0.3) is 11.3 Å². The highest BCUT2D eigenvalue weighted by Gasteiger charge is 2.14. The maximum atomic E-state index is 12.0. The van der Waals surface area contributed by atoms with E-state index < -0.39 is 24.4 Å². The maximum absolute atomic E-state index is 12.0. The SMILES string of the molecule is O=C(COCC(=O)Nc1ccc(Cl)cc1C(=O)O)Nc1cccc(-c2ccon2)c1. The summed E-state index contributed by atoms with van der Waals surface area (Å²) >= 11 is 5.77. The minimum atomic E-state index is -1.24. The molecule has 0 saturated carbocycles. The molecule has 1 heterocycles. The van der Waals surface area contributed by atoms with Crippen LogP contribution in [0.4, 0.5) is 11.4 Å². The van der Waals surface area contributed by atoms with Crippen LogP contribution in [0.3, 0.4) is 0 Å². The molecule has 3 aromatic rings. The molecule has 0 atom stereocenters. The van der Waals surface area contributed by atoms with Crippen molar-refractivity contribution in [3.63, 3.8) is 0 Å². The molecule has 0 radical (unpaired) electrons. The number of anilines is 2. The normalized spacial score (nSPS) is 10.4. The molecule has 3 N–H and O–H groups in total. The molecule has 3 rings (SSSR count). The van der Waals surface area contributed by atoms with Gasteiger partial charge in [-0.3, -0.25) is 9.59 Å². The fraction of sp³-hybridized carbons (Fsp3) is 0.100. The van der Waals surface area contributed by atoms with Gasteiger partial charge in [0, 0.05) is 22.3 Å². The number of nitrogens with zero attached hydrogens (tertiary/aromatic N) is 1. The molecule has 0 unspecified atom stereocenters. The van der Waals surface area contributed by atoms with E-state index in [1.807, 2.05) is 6.07 Å². The third-order valence-electron chi connectivity index (χ3n) is 3.83. The van der Waals surface area contributed by atoms with E-state index in [9.17, 15) is 14.4 Å². The van der Waals surface area contributed by atoms with Crippen LogP contribution < -0.4 is 10.6 Å². The average molecular weight is 430 g/mol.